The summed E-state index contributed by atoms with van der Waals surface area (Å²) < 4.78 is 0. The molecular weight excluding hydrogens is 272 g/mol. The van der Waals surface area contributed by atoms with Crippen molar-refractivity contribution in [2.45, 2.75) is 0 Å². The van der Waals surface area contributed by atoms with E-state index in [9.17, 15) is 5.11 Å². The molecule has 3 rings (SSSR count). The van der Waals surface area contributed by atoms with E-state index in [1.54, 1.807) is 36.4 Å². The molecule has 0 bridgehead atoms. The molecule has 0 atom stereocenters. The predicted octanol–water partition coefficient (Wildman–Crippen LogP) is 4.13. The first-order chi connectivity index (χ1) is 9.67. The van der Waals surface area contributed by atoms with Gasteiger partial charge in [0, 0.05) is 10.9 Å². The number of hydrogen-bond donors (Lipinski definition) is 1. The van der Waals surface area contributed by atoms with Crippen LogP contribution in [0.5, 0.6) is 5.75 Å². The van der Waals surface area contributed by atoms with Gasteiger partial charge in [0.25, 0.3) is 0 Å². The summed E-state index contributed by atoms with van der Waals surface area (Å²) in [5.41, 5.74) is 2.81. The predicted molar refractivity (Wildman–Crippen MR) is 78.6 cm³/mol. The van der Waals surface area contributed by atoms with Gasteiger partial charge in [-0.15, -0.1) is 0 Å². The van der Waals surface area contributed by atoms with Crippen LogP contribution in [0.1, 0.15) is 5.56 Å². The summed E-state index contributed by atoms with van der Waals surface area (Å²) in [4.78, 5) is 4.52. The fourth-order valence-electron chi connectivity index (χ4n) is 2.06. The van der Waals surface area contributed by atoms with Gasteiger partial charge in [-0.1, -0.05) is 17.7 Å². The molecule has 2 aromatic carbocycles. The molecule has 1 N–H and O–H groups in total. The summed E-state index contributed by atoms with van der Waals surface area (Å²) in [6, 6.07) is 15.9. The van der Waals surface area contributed by atoms with Crippen LogP contribution in [0.4, 0.5) is 0 Å². The van der Waals surface area contributed by atoms with E-state index in [-0.39, 0.29) is 5.75 Å². The molecule has 0 aliphatic heterocycles. The van der Waals surface area contributed by atoms with Gasteiger partial charge in [-0.05, 0) is 42.5 Å². The highest BCUT2D eigenvalue weighted by Gasteiger charge is 2.07. The summed E-state index contributed by atoms with van der Waals surface area (Å²) in [6.45, 7) is 0. The normalized spacial score (nSPS) is 10.4. The molecule has 0 unspecified atom stereocenters. The second-order valence-corrected chi connectivity index (χ2v) is 4.79. The Labute approximate surface area is 120 Å². The highest BCUT2D eigenvalue weighted by atomic mass is 35.5. The number of phenols is 1. The Balaban J connectivity index is 2.15. The maximum absolute atomic E-state index is 9.44. The highest BCUT2D eigenvalue weighted by molar-refractivity contribution is 6.33. The van der Waals surface area contributed by atoms with Crippen molar-refractivity contribution in [1.29, 1.82) is 5.26 Å². The summed E-state index contributed by atoms with van der Waals surface area (Å²) in [7, 11) is 0. The van der Waals surface area contributed by atoms with Crippen molar-refractivity contribution in [1.82, 2.24) is 4.98 Å². The van der Waals surface area contributed by atoms with Gasteiger partial charge < -0.3 is 5.11 Å². The first-order valence-corrected chi connectivity index (χ1v) is 6.35. The second-order valence-electron chi connectivity index (χ2n) is 4.38. The number of halogens is 1. The van der Waals surface area contributed by atoms with Crippen LogP contribution in [0.25, 0.3) is 22.2 Å². The van der Waals surface area contributed by atoms with E-state index in [1.165, 1.54) is 0 Å². The van der Waals surface area contributed by atoms with Crippen LogP contribution < -0.4 is 0 Å². The zero-order valence-electron chi connectivity index (χ0n) is 10.3. The number of rotatable bonds is 1. The molecule has 20 heavy (non-hydrogen) atoms. The molecule has 0 aliphatic carbocycles. The Hall–Kier alpha value is -2.57. The molecule has 0 saturated heterocycles. The molecule has 0 spiro atoms. The minimum absolute atomic E-state index is 0.212. The van der Waals surface area contributed by atoms with Gasteiger partial charge >= 0.3 is 0 Å². The van der Waals surface area contributed by atoms with Crippen molar-refractivity contribution in [2.75, 3.05) is 0 Å². The van der Waals surface area contributed by atoms with E-state index in [4.69, 9.17) is 16.9 Å². The lowest BCUT2D eigenvalue weighted by atomic mass is 10.1. The first kappa shape index (κ1) is 12.5. The smallest absolute Gasteiger partial charge is 0.116 e. The molecule has 1 aromatic heterocycles. The van der Waals surface area contributed by atoms with Gasteiger partial charge in [0.15, 0.2) is 0 Å². The SMILES string of the molecule is N#Cc1ccc(-c2ccc3cc(O)ccc3n2)c(Cl)c1. The Morgan fingerprint density at radius 3 is 2.65 bits per heavy atom. The summed E-state index contributed by atoms with van der Waals surface area (Å²) >= 11 is 6.19. The summed E-state index contributed by atoms with van der Waals surface area (Å²) in [5.74, 6) is 0.212. The molecule has 3 nitrogen and oxygen atoms in total. The maximum Gasteiger partial charge on any atom is 0.116 e. The molecule has 3 aromatic rings. The average Bonchev–Trinajstić information content (AvgIpc) is 2.46. The van der Waals surface area contributed by atoms with E-state index in [0.29, 0.717) is 10.6 Å². The number of hydrogen-bond acceptors (Lipinski definition) is 3. The molecule has 4 heteroatoms. The van der Waals surface area contributed by atoms with Crippen LogP contribution in [-0.4, -0.2) is 10.1 Å². The Morgan fingerprint density at radius 1 is 1.05 bits per heavy atom. The van der Waals surface area contributed by atoms with Crippen molar-refractivity contribution < 1.29 is 5.11 Å². The van der Waals surface area contributed by atoms with Crippen molar-refractivity contribution in [3.8, 4) is 23.1 Å². The van der Waals surface area contributed by atoms with Gasteiger partial charge in [0.05, 0.1) is 27.9 Å². The van der Waals surface area contributed by atoms with E-state index >= 15 is 0 Å². The fraction of sp³-hybridized carbons (Fsp3) is 0. The molecule has 0 aliphatic rings. The van der Waals surface area contributed by atoms with Crippen LogP contribution in [0.2, 0.25) is 5.02 Å². The van der Waals surface area contributed by atoms with E-state index < -0.39 is 0 Å². The Bertz CT molecular complexity index is 853. The average molecular weight is 281 g/mol. The van der Waals surface area contributed by atoms with Gasteiger partial charge in [0.1, 0.15) is 5.75 Å². The molecule has 1 heterocycles. The number of fused-ring (bicyclic) bond motifs is 1. The number of nitriles is 1. The third-order valence-electron chi connectivity index (χ3n) is 3.05. The maximum atomic E-state index is 9.44. The minimum atomic E-state index is 0.212. The Kier molecular flexibility index (Phi) is 3.02. The first-order valence-electron chi connectivity index (χ1n) is 5.97. The van der Waals surface area contributed by atoms with Crippen LogP contribution in [0.15, 0.2) is 48.5 Å². The lowest BCUT2D eigenvalue weighted by Crippen LogP contribution is -1.87. The third-order valence-corrected chi connectivity index (χ3v) is 3.36. The number of benzene rings is 2. The summed E-state index contributed by atoms with van der Waals surface area (Å²) in [5, 5.41) is 19.6. The molecule has 0 amide bonds. The molecule has 0 radical (unpaired) electrons. The van der Waals surface area contributed by atoms with Crippen LogP contribution in [0, 0.1) is 11.3 Å². The van der Waals surface area contributed by atoms with E-state index in [0.717, 1.165) is 22.2 Å². The second kappa shape index (κ2) is 4.84. The Morgan fingerprint density at radius 2 is 1.90 bits per heavy atom. The van der Waals surface area contributed by atoms with Crippen LogP contribution >= 0.6 is 11.6 Å². The standard InChI is InChI=1S/C16H9ClN2O/c17-14-7-10(9-18)1-4-13(14)16-5-2-11-8-12(20)3-6-15(11)19-16/h1-8,20H. The third kappa shape index (κ3) is 2.18. The van der Waals surface area contributed by atoms with Gasteiger partial charge in [-0.3, -0.25) is 0 Å². The minimum Gasteiger partial charge on any atom is -0.508 e. The molecule has 96 valence electrons. The molecule has 0 saturated carbocycles. The quantitative estimate of drug-likeness (QED) is 0.729. The number of aromatic hydroxyl groups is 1. The molecule has 0 fully saturated rings. The highest BCUT2D eigenvalue weighted by Crippen LogP contribution is 2.29. The number of nitrogens with zero attached hydrogens (tertiary/aromatic N) is 2. The van der Waals surface area contributed by atoms with E-state index in [1.807, 2.05) is 18.2 Å². The zero-order valence-corrected chi connectivity index (χ0v) is 11.1. The van der Waals surface area contributed by atoms with Crippen molar-refractivity contribution >= 4 is 22.5 Å². The lowest BCUT2D eigenvalue weighted by molar-refractivity contribution is 0.476. The monoisotopic (exact) mass is 280 g/mol. The number of phenolic OH excluding ortho intramolecular Hbond substituents is 1. The van der Waals surface area contributed by atoms with E-state index in [2.05, 4.69) is 4.98 Å². The van der Waals surface area contributed by atoms with Gasteiger partial charge in [-0.25, -0.2) is 4.98 Å². The van der Waals surface area contributed by atoms with Crippen LogP contribution in [-0.2, 0) is 0 Å². The lowest BCUT2D eigenvalue weighted by Gasteiger charge is -2.06. The van der Waals surface area contributed by atoms with Crippen molar-refractivity contribution in [3.63, 3.8) is 0 Å². The van der Waals surface area contributed by atoms with Gasteiger partial charge in [-0.2, -0.15) is 5.26 Å². The van der Waals surface area contributed by atoms with Crippen molar-refractivity contribution in [2.24, 2.45) is 0 Å². The fourth-order valence-corrected chi connectivity index (χ4v) is 2.33. The van der Waals surface area contributed by atoms with Gasteiger partial charge in [0.2, 0.25) is 0 Å². The number of pyridine rings is 1. The van der Waals surface area contributed by atoms with Crippen LogP contribution in [0.3, 0.4) is 0 Å². The molecular formula is C16H9ClN2O. The largest absolute Gasteiger partial charge is 0.508 e. The topological polar surface area (TPSA) is 56.9 Å². The summed E-state index contributed by atoms with van der Waals surface area (Å²) in [6.07, 6.45) is 0. The zero-order chi connectivity index (χ0) is 14.1. The van der Waals surface area contributed by atoms with Crippen molar-refractivity contribution in [3.05, 3.63) is 59.1 Å². The number of aromatic nitrogens is 1.